The molecule has 0 bridgehead atoms. The standard InChI is InChI=1S/C19H19NO2.C3H8.2C2H6/c1-19(2,3)15-8-6-12(7-9-15)13-4-5-14-11-17(18(21)22)20-16(14)10-13;1-3-2;2*1-2/h4-11,20H,1-3H3,(H,21,22);3H2,1-2H3;2*1-2H3. The summed E-state index contributed by atoms with van der Waals surface area (Å²) in [6.45, 7) is 18.8. The number of hydrogen-bond acceptors (Lipinski definition) is 1. The molecular formula is C26H39NO2. The molecule has 0 saturated heterocycles. The minimum atomic E-state index is -0.938. The molecule has 0 unspecified atom stereocenters. The van der Waals surface area contributed by atoms with Gasteiger partial charge < -0.3 is 10.1 Å². The SMILES string of the molecule is CC.CC.CC(C)(C)c1ccc(-c2ccc3cc(C(=O)O)[nH]c3c2)cc1.CCC. The Morgan fingerprint density at radius 1 is 0.862 bits per heavy atom. The first-order valence-electron chi connectivity index (χ1n) is 10.7. The molecule has 2 N–H and O–H groups in total. The van der Waals surface area contributed by atoms with Crippen LogP contribution >= 0.6 is 0 Å². The molecule has 0 amide bonds. The quantitative estimate of drug-likeness (QED) is 0.457. The third-order valence-electron chi connectivity index (χ3n) is 3.94. The van der Waals surface area contributed by atoms with Crippen LogP contribution in [0.5, 0.6) is 0 Å². The lowest BCUT2D eigenvalue weighted by Gasteiger charge is -2.19. The lowest BCUT2D eigenvalue weighted by molar-refractivity contribution is 0.0691. The molecule has 0 aliphatic heterocycles. The highest BCUT2D eigenvalue weighted by Crippen LogP contribution is 2.28. The monoisotopic (exact) mass is 397 g/mol. The Labute approximate surface area is 177 Å². The average molecular weight is 398 g/mol. The van der Waals surface area contributed by atoms with Gasteiger partial charge in [-0.15, -0.1) is 0 Å². The topological polar surface area (TPSA) is 53.1 Å². The second kappa shape index (κ2) is 12.8. The van der Waals surface area contributed by atoms with Crippen LogP contribution < -0.4 is 0 Å². The van der Waals surface area contributed by atoms with Gasteiger partial charge in [-0.1, -0.05) is 105 Å². The van der Waals surface area contributed by atoms with E-state index in [1.54, 1.807) is 6.07 Å². The van der Waals surface area contributed by atoms with Crippen LogP contribution in [-0.2, 0) is 5.41 Å². The van der Waals surface area contributed by atoms with E-state index in [0.29, 0.717) is 0 Å². The van der Waals surface area contributed by atoms with Crippen LogP contribution in [0.3, 0.4) is 0 Å². The van der Waals surface area contributed by atoms with Crippen LogP contribution in [0, 0.1) is 0 Å². The summed E-state index contributed by atoms with van der Waals surface area (Å²) in [6, 6.07) is 16.1. The van der Waals surface area contributed by atoms with Crippen molar-refractivity contribution in [2.24, 2.45) is 0 Å². The summed E-state index contributed by atoms with van der Waals surface area (Å²) in [5.41, 5.74) is 4.70. The summed E-state index contributed by atoms with van der Waals surface area (Å²) in [5, 5.41) is 9.96. The van der Waals surface area contributed by atoms with Gasteiger partial charge in [0.2, 0.25) is 0 Å². The van der Waals surface area contributed by atoms with Crippen LogP contribution in [0.25, 0.3) is 22.0 Å². The Bertz CT molecular complexity index is 853. The molecule has 3 aromatic rings. The molecule has 0 fully saturated rings. The Kier molecular flexibility index (Phi) is 11.7. The maximum Gasteiger partial charge on any atom is 0.352 e. The maximum absolute atomic E-state index is 11.0. The first-order valence-corrected chi connectivity index (χ1v) is 10.7. The fraction of sp³-hybridized carbons (Fsp3) is 0.423. The van der Waals surface area contributed by atoms with Crippen LogP contribution in [0.1, 0.15) is 84.8 Å². The molecule has 29 heavy (non-hydrogen) atoms. The van der Waals surface area contributed by atoms with Gasteiger partial charge in [0.15, 0.2) is 0 Å². The van der Waals surface area contributed by atoms with E-state index in [2.05, 4.69) is 63.9 Å². The Balaban J connectivity index is 0.00000100. The average Bonchev–Trinajstić information content (AvgIpc) is 3.15. The molecule has 2 aromatic carbocycles. The molecule has 0 saturated carbocycles. The molecule has 3 nitrogen and oxygen atoms in total. The lowest BCUT2D eigenvalue weighted by Crippen LogP contribution is -2.10. The molecule has 3 heteroatoms. The smallest absolute Gasteiger partial charge is 0.352 e. The second-order valence-corrected chi connectivity index (χ2v) is 7.32. The molecule has 160 valence electrons. The van der Waals surface area contributed by atoms with E-state index in [-0.39, 0.29) is 11.1 Å². The van der Waals surface area contributed by atoms with Crippen molar-refractivity contribution in [3.63, 3.8) is 0 Å². The number of aromatic nitrogens is 1. The van der Waals surface area contributed by atoms with E-state index in [1.807, 2.05) is 45.9 Å². The molecule has 3 rings (SSSR count). The highest BCUT2D eigenvalue weighted by Gasteiger charge is 2.13. The molecule has 1 heterocycles. The summed E-state index contributed by atoms with van der Waals surface area (Å²) in [4.78, 5) is 14.0. The van der Waals surface area contributed by atoms with Gasteiger partial charge in [-0.3, -0.25) is 0 Å². The fourth-order valence-corrected chi connectivity index (χ4v) is 2.58. The molecule has 0 aliphatic rings. The largest absolute Gasteiger partial charge is 0.477 e. The predicted molar refractivity (Wildman–Crippen MR) is 128 cm³/mol. The number of carbonyl (C=O) groups is 1. The number of benzene rings is 2. The van der Waals surface area contributed by atoms with E-state index < -0.39 is 5.97 Å². The summed E-state index contributed by atoms with van der Waals surface area (Å²) >= 11 is 0. The van der Waals surface area contributed by atoms with E-state index in [0.717, 1.165) is 22.0 Å². The first-order chi connectivity index (χ1) is 13.8. The summed E-state index contributed by atoms with van der Waals surface area (Å²) in [7, 11) is 0. The highest BCUT2D eigenvalue weighted by atomic mass is 16.4. The van der Waals surface area contributed by atoms with Crippen molar-refractivity contribution in [3.8, 4) is 11.1 Å². The van der Waals surface area contributed by atoms with Gasteiger partial charge >= 0.3 is 5.97 Å². The number of aromatic carboxylic acids is 1. The van der Waals surface area contributed by atoms with Crippen molar-refractivity contribution in [1.82, 2.24) is 4.98 Å². The number of carboxylic acid groups (broad SMARTS) is 1. The minimum absolute atomic E-state index is 0.137. The van der Waals surface area contributed by atoms with Crippen LogP contribution in [0.2, 0.25) is 0 Å². The Hall–Kier alpha value is -2.55. The van der Waals surface area contributed by atoms with Crippen molar-refractivity contribution in [2.45, 2.75) is 74.1 Å². The van der Waals surface area contributed by atoms with E-state index >= 15 is 0 Å². The van der Waals surface area contributed by atoms with Crippen LogP contribution in [-0.4, -0.2) is 16.1 Å². The number of rotatable bonds is 2. The lowest BCUT2D eigenvalue weighted by atomic mass is 9.86. The number of hydrogen-bond donors (Lipinski definition) is 2. The molecular weight excluding hydrogens is 358 g/mol. The van der Waals surface area contributed by atoms with Crippen molar-refractivity contribution in [2.75, 3.05) is 0 Å². The van der Waals surface area contributed by atoms with Gasteiger partial charge in [0.1, 0.15) is 5.69 Å². The highest BCUT2D eigenvalue weighted by molar-refractivity contribution is 5.95. The first kappa shape index (κ1) is 26.4. The third kappa shape index (κ3) is 7.77. The van der Waals surface area contributed by atoms with Crippen LogP contribution in [0.15, 0.2) is 48.5 Å². The van der Waals surface area contributed by atoms with E-state index in [1.165, 1.54) is 12.0 Å². The third-order valence-corrected chi connectivity index (χ3v) is 3.94. The minimum Gasteiger partial charge on any atom is -0.477 e. The zero-order valence-electron chi connectivity index (χ0n) is 19.7. The summed E-state index contributed by atoms with van der Waals surface area (Å²) < 4.78 is 0. The zero-order chi connectivity index (χ0) is 22.6. The predicted octanol–water partition coefficient (Wildman–Crippen LogP) is 8.30. The molecule has 0 aliphatic carbocycles. The fourth-order valence-electron chi connectivity index (χ4n) is 2.58. The normalized spacial score (nSPS) is 9.97. The zero-order valence-corrected chi connectivity index (χ0v) is 19.7. The van der Waals surface area contributed by atoms with Gasteiger partial charge in [0, 0.05) is 10.9 Å². The number of nitrogens with one attached hydrogen (secondary N) is 1. The maximum atomic E-state index is 11.0. The number of carboxylic acids is 1. The Morgan fingerprint density at radius 3 is 1.79 bits per heavy atom. The molecule has 0 atom stereocenters. The van der Waals surface area contributed by atoms with Crippen molar-refractivity contribution in [1.29, 1.82) is 0 Å². The van der Waals surface area contributed by atoms with Crippen molar-refractivity contribution in [3.05, 3.63) is 59.8 Å². The Morgan fingerprint density at radius 2 is 1.34 bits per heavy atom. The van der Waals surface area contributed by atoms with Crippen molar-refractivity contribution < 1.29 is 9.90 Å². The van der Waals surface area contributed by atoms with E-state index in [4.69, 9.17) is 5.11 Å². The summed E-state index contributed by atoms with van der Waals surface area (Å²) in [6.07, 6.45) is 1.25. The second-order valence-electron chi connectivity index (χ2n) is 7.32. The number of aromatic amines is 1. The van der Waals surface area contributed by atoms with Crippen LogP contribution in [0.4, 0.5) is 0 Å². The molecule has 0 spiro atoms. The van der Waals surface area contributed by atoms with Gasteiger partial charge in [-0.05, 0) is 34.2 Å². The number of fused-ring (bicyclic) bond motifs is 1. The molecule has 0 radical (unpaired) electrons. The molecule has 1 aromatic heterocycles. The van der Waals surface area contributed by atoms with Gasteiger partial charge in [-0.2, -0.15) is 0 Å². The van der Waals surface area contributed by atoms with Gasteiger partial charge in [0.25, 0.3) is 0 Å². The van der Waals surface area contributed by atoms with Gasteiger partial charge in [-0.25, -0.2) is 4.79 Å². The van der Waals surface area contributed by atoms with Crippen molar-refractivity contribution >= 4 is 16.9 Å². The van der Waals surface area contributed by atoms with Gasteiger partial charge in [0.05, 0.1) is 0 Å². The summed E-state index contributed by atoms with van der Waals surface area (Å²) in [5.74, 6) is -0.938. The number of H-pyrrole nitrogens is 1. The van der Waals surface area contributed by atoms with E-state index in [9.17, 15) is 4.79 Å².